The third-order valence-corrected chi connectivity index (χ3v) is 5.09. The number of aromatic nitrogens is 2. The van der Waals surface area contributed by atoms with Crippen molar-refractivity contribution in [3.63, 3.8) is 0 Å². The van der Waals surface area contributed by atoms with Crippen LogP contribution in [0.15, 0.2) is 42.5 Å². The lowest BCUT2D eigenvalue weighted by Gasteiger charge is -2.09. The fraction of sp³-hybridized carbons (Fsp3) is 0.273. The first-order valence-corrected chi connectivity index (χ1v) is 9.53. The van der Waals surface area contributed by atoms with Gasteiger partial charge in [0.05, 0.1) is 31.2 Å². The number of carboxylic acids is 1. The number of nitrogens with one attached hydrogen (secondary N) is 1. The van der Waals surface area contributed by atoms with Gasteiger partial charge in [0, 0.05) is 23.7 Å². The summed E-state index contributed by atoms with van der Waals surface area (Å²) in [5, 5.41) is 17.7. The first-order chi connectivity index (χ1) is 14.1. The number of benzene rings is 2. The van der Waals surface area contributed by atoms with Crippen molar-refractivity contribution in [1.29, 1.82) is 0 Å². The van der Waals surface area contributed by atoms with Gasteiger partial charge in [-0.3, -0.25) is 0 Å². The molecule has 1 aliphatic rings. The molecule has 1 aromatic heterocycles. The zero-order valence-electron chi connectivity index (χ0n) is 16.4. The van der Waals surface area contributed by atoms with Crippen LogP contribution >= 0.6 is 0 Å². The van der Waals surface area contributed by atoms with Gasteiger partial charge in [0.15, 0.2) is 0 Å². The molecule has 0 unspecified atom stereocenters. The largest absolute Gasteiger partial charge is 0.497 e. The third-order valence-electron chi connectivity index (χ3n) is 5.09. The molecule has 0 bridgehead atoms. The predicted molar refractivity (Wildman–Crippen MR) is 110 cm³/mol. The second-order valence-corrected chi connectivity index (χ2v) is 6.93. The molecule has 0 spiro atoms. The van der Waals surface area contributed by atoms with Crippen LogP contribution in [0, 0.1) is 0 Å². The first kappa shape index (κ1) is 18.9. The summed E-state index contributed by atoms with van der Waals surface area (Å²) in [5.74, 6) is 1.33. The Morgan fingerprint density at radius 2 is 1.86 bits per heavy atom. The number of carboxylic acid groups (broad SMARTS) is 1. The maximum atomic E-state index is 11.4. The second kappa shape index (κ2) is 7.87. The lowest BCUT2D eigenvalue weighted by atomic mass is 10.0. The summed E-state index contributed by atoms with van der Waals surface area (Å²) in [7, 11) is 3.24. The van der Waals surface area contributed by atoms with Gasteiger partial charge in [0.1, 0.15) is 17.3 Å². The number of anilines is 1. The highest BCUT2D eigenvalue weighted by Crippen LogP contribution is 2.37. The molecule has 2 N–H and O–H groups in total. The van der Waals surface area contributed by atoms with Crippen molar-refractivity contribution in [3.05, 3.63) is 53.6 Å². The molecule has 0 aliphatic carbocycles. The molecule has 0 saturated carbocycles. The number of methoxy groups -OCH3 is 2. The number of rotatable bonds is 5. The van der Waals surface area contributed by atoms with Crippen molar-refractivity contribution in [2.24, 2.45) is 0 Å². The standard InChI is InChI=1S/C22H23N3O4/c1-28-17-11-15(12-18(13-17)29-2)20-19-8-3-4-9-23-21(19)25(24-20)16-7-5-6-14(10-16)22(26)27/h5-7,10-13,23H,3-4,8-9H2,1-2H3,(H,26,27). The maximum Gasteiger partial charge on any atom is 0.335 e. The zero-order chi connectivity index (χ0) is 20.4. The normalized spacial score (nSPS) is 13.2. The fourth-order valence-corrected chi connectivity index (χ4v) is 3.64. The quantitative estimate of drug-likeness (QED) is 0.681. The van der Waals surface area contributed by atoms with E-state index < -0.39 is 5.97 Å². The van der Waals surface area contributed by atoms with E-state index in [1.165, 1.54) is 0 Å². The Morgan fingerprint density at radius 3 is 2.55 bits per heavy atom. The van der Waals surface area contributed by atoms with Gasteiger partial charge in [-0.2, -0.15) is 5.10 Å². The average Bonchev–Trinajstić information content (AvgIpc) is 2.94. The van der Waals surface area contributed by atoms with Crippen LogP contribution in [0.5, 0.6) is 11.5 Å². The predicted octanol–water partition coefficient (Wildman–Crippen LogP) is 4.00. The molecule has 0 radical (unpaired) electrons. The molecule has 0 amide bonds. The van der Waals surface area contributed by atoms with Gasteiger partial charge >= 0.3 is 5.97 Å². The summed E-state index contributed by atoms with van der Waals surface area (Å²) in [4.78, 5) is 11.4. The van der Waals surface area contributed by atoms with E-state index in [1.54, 1.807) is 37.1 Å². The minimum Gasteiger partial charge on any atom is -0.497 e. The molecular formula is C22H23N3O4. The van der Waals surface area contributed by atoms with Crippen molar-refractivity contribution in [2.45, 2.75) is 19.3 Å². The lowest BCUT2D eigenvalue weighted by molar-refractivity contribution is 0.0697. The van der Waals surface area contributed by atoms with E-state index in [1.807, 2.05) is 24.3 Å². The van der Waals surface area contributed by atoms with Gasteiger partial charge < -0.3 is 19.9 Å². The molecule has 150 valence electrons. The van der Waals surface area contributed by atoms with Crippen LogP contribution in [0.1, 0.15) is 28.8 Å². The Morgan fingerprint density at radius 1 is 1.10 bits per heavy atom. The minimum absolute atomic E-state index is 0.227. The molecule has 29 heavy (non-hydrogen) atoms. The first-order valence-electron chi connectivity index (χ1n) is 9.53. The molecule has 3 aromatic rings. The lowest BCUT2D eigenvalue weighted by Crippen LogP contribution is -2.08. The summed E-state index contributed by atoms with van der Waals surface area (Å²) < 4.78 is 12.7. The average molecular weight is 393 g/mol. The number of fused-ring (bicyclic) bond motifs is 1. The Bertz CT molecular complexity index is 1040. The molecule has 7 heteroatoms. The smallest absolute Gasteiger partial charge is 0.335 e. The Labute approximate surface area is 168 Å². The van der Waals surface area contributed by atoms with Crippen LogP contribution in [0.4, 0.5) is 5.82 Å². The topological polar surface area (TPSA) is 85.6 Å². The van der Waals surface area contributed by atoms with Gasteiger partial charge in [-0.15, -0.1) is 0 Å². The van der Waals surface area contributed by atoms with Gasteiger partial charge in [0.25, 0.3) is 0 Å². The van der Waals surface area contributed by atoms with Crippen LogP contribution in [0.2, 0.25) is 0 Å². The molecular weight excluding hydrogens is 370 g/mol. The third kappa shape index (κ3) is 3.63. The van der Waals surface area contributed by atoms with Crippen LogP contribution in [0.3, 0.4) is 0 Å². The summed E-state index contributed by atoms with van der Waals surface area (Å²) >= 11 is 0. The molecule has 0 fully saturated rings. The molecule has 4 rings (SSSR count). The van der Waals surface area contributed by atoms with Crippen molar-refractivity contribution < 1.29 is 19.4 Å². The molecule has 2 heterocycles. The molecule has 1 aliphatic heterocycles. The van der Waals surface area contributed by atoms with Crippen LogP contribution in [-0.4, -0.2) is 41.6 Å². The second-order valence-electron chi connectivity index (χ2n) is 6.93. The molecule has 2 aromatic carbocycles. The number of hydrogen-bond donors (Lipinski definition) is 2. The van der Waals surface area contributed by atoms with Crippen LogP contribution in [0.25, 0.3) is 16.9 Å². The number of aromatic carboxylic acids is 1. The van der Waals surface area contributed by atoms with Gasteiger partial charge in [-0.25, -0.2) is 9.48 Å². The van der Waals surface area contributed by atoms with E-state index in [-0.39, 0.29) is 5.56 Å². The van der Waals surface area contributed by atoms with E-state index in [2.05, 4.69) is 5.32 Å². The van der Waals surface area contributed by atoms with Crippen molar-refractivity contribution in [3.8, 4) is 28.4 Å². The Kier molecular flexibility index (Phi) is 5.12. The van der Waals surface area contributed by atoms with E-state index in [0.717, 1.165) is 48.4 Å². The number of carbonyl (C=O) groups is 1. The Balaban J connectivity index is 1.91. The van der Waals surface area contributed by atoms with Crippen molar-refractivity contribution in [1.82, 2.24) is 9.78 Å². The van der Waals surface area contributed by atoms with E-state index in [9.17, 15) is 9.90 Å². The highest BCUT2D eigenvalue weighted by molar-refractivity contribution is 5.88. The maximum absolute atomic E-state index is 11.4. The SMILES string of the molecule is COc1cc(OC)cc(-c2nn(-c3cccc(C(=O)O)c3)c3c2CCCCN3)c1. The number of hydrogen-bond acceptors (Lipinski definition) is 5. The summed E-state index contributed by atoms with van der Waals surface area (Å²) in [5.41, 5.74) is 3.78. The Hall–Kier alpha value is -3.48. The molecule has 0 saturated heterocycles. The minimum atomic E-state index is -0.962. The van der Waals surface area contributed by atoms with Crippen LogP contribution in [-0.2, 0) is 6.42 Å². The monoisotopic (exact) mass is 393 g/mol. The van der Waals surface area contributed by atoms with E-state index in [0.29, 0.717) is 17.2 Å². The summed E-state index contributed by atoms with van der Waals surface area (Å²) in [6.07, 6.45) is 3.00. The highest BCUT2D eigenvalue weighted by atomic mass is 16.5. The van der Waals surface area contributed by atoms with E-state index in [4.69, 9.17) is 14.6 Å². The van der Waals surface area contributed by atoms with E-state index >= 15 is 0 Å². The highest BCUT2D eigenvalue weighted by Gasteiger charge is 2.23. The molecule has 0 atom stereocenters. The van der Waals surface area contributed by atoms with Crippen molar-refractivity contribution in [2.75, 3.05) is 26.1 Å². The fourth-order valence-electron chi connectivity index (χ4n) is 3.64. The number of nitrogens with zero attached hydrogens (tertiary/aromatic N) is 2. The van der Waals surface area contributed by atoms with Gasteiger partial charge in [-0.05, 0) is 49.6 Å². The van der Waals surface area contributed by atoms with Gasteiger partial charge in [0.2, 0.25) is 0 Å². The summed E-state index contributed by atoms with van der Waals surface area (Å²) in [6, 6.07) is 12.5. The van der Waals surface area contributed by atoms with Gasteiger partial charge in [-0.1, -0.05) is 6.07 Å². The van der Waals surface area contributed by atoms with Crippen molar-refractivity contribution >= 4 is 11.8 Å². The molecule has 7 nitrogen and oxygen atoms in total. The zero-order valence-corrected chi connectivity index (χ0v) is 16.4. The number of ether oxygens (including phenoxy) is 2. The van der Waals surface area contributed by atoms with Crippen LogP contribution < -0.4 is 14.8 Å². The summed E-state index contributed by atoms with van der Waals surface area (Å²) in [6.45, 7) is 0.845.